The molecule has 0 bridgehead atoms. The zero-order chi connectivity index (χ0) is 70.1. The van der Waals surface area contributed by atoms with Crippen molar-refractivity contribution >= 4 is 11.9 Å². The predicted molar refractivity (Wildman–Crippen MR) is 412 cm³/mol. The molecule has 0 aromatic heterocycles. The average Bonchev–Trinajstić information content (AvgIpc) is 0.877. The Labute approximate surface area is 600 Å². The Bertz CT molecular complexity index is 1710. The molecule has 0 radical (unpaired) electrons. The van der Waals surface area contributed by atoms with E-state index < -0.39 is 49.5 Å². The van der Waals surface area contributed by atoms with E-state index >= 15 is 0 Å². The summed E-state index contributed by atoms with van der Waals surface area (Å²) in [5.74, 6) is -0.161. The number of hydrogen-bond acceptors (Lipinski definition) is 10. The van der Waals surface area contributed by atoms with E-state index in [0.717, 1.165) is 64.2 Å². The van der Waals surface area contributed by atoms with Gasteiger partial charge < -0.3 is 45.1 Å². The first-order valence-electron chi connectivity index (χ1n) is 42.8. The third kappa shape index (κ3) is 63.3. The van der Waals surface area contributed by atoms with E-state index in [-0.39, 0.29) is 18.5 Å². The van der Waals surface area contributed by atoms with Gasteiger partial charge in [0.05, 0.1) is 32.0 Å². The van der Waals surface area contributed by atoms with Crippen LogP contribution in [0.3, 0.4) is 0 Å². The molecule has 7 atom stereocenters. The zero-order valence-electron chi connectivity index (χ0n) is 64.1. The Balaban J connectivity index is 1.85. The molecular weight excluding hydrogens is 1210 g/mol. The molecule has 1 aliphatic heterocycles. The third-order valence-corrected chi connectivity index (χ3v) is 20.5. The summed E-state index contributed by atoms with van der Waals surface area (Å²) in [4.78, 5) is 25.2. The third-order valence-electron chi connectivity index (χ3n) is 20.5. The van der Waals surface area contributed by atoms with Gasteiger partial charge in [-0.2, -0.15) is 0 Å². The lowest BCUT2D eigenvalue weighted by molar-refractivity contribution is -0.302. The van der Waals surface area contributed by atoms with Gasteiger partial charge in [0.2, 0.25) is 5.91 Å². The smallest absolute Gasteiger partial charge is 0.305 e. The Hall–Kier alpha value is -2.12. The van der Waals surface area contributed by atoms with Crippen LogP contribution in [0.2, 0.25) is 0 Å². The lowest BCUT2D eigenvalue weighted by atomic mass is 9.99. The summed E-state index contributed by atoms with van der Waals surface area (Å²) in [5, 5.41) is 54.6. The van der Waals surface area contributed by atoms with Gasteiger partial charge >= 0.3 is 5.97 Å². The molecule has 6 N–H and O–H groups in total. The molecule has 1 fully saturated rings. The van der Waals surface area contributed by atoms with E-state index in [4.69, 9.17) is 14.2 Å². The van der Waals surface area contributed by atoms with Crippen LogP contribution in [-0.4, -0.2) is 100 Å². The number of carbonyl (C=O) groups excluding carboxylic acids is 2. The number of hydrogen-bond donors (Lipinski definition) is 6. The maximum atomic E-state index is 13.1. The minimum atomic E-state index is -1.57. The van der Waals surface area contributed by atoms with Crippen molar-refractivity contribution in [3.05, 3.63) is 36.5 Å². The van der Waals surface area contributed by atoms with Crippen molar-refractivity contribution in [1.82, 2.24) is 5.32 Å². The van der Waals surface area contributed by atoms with Gasteiger partial charge in [0, 0.05) is 12.8 Å². The molecule has 11 heteroatoms. The second-order valence-electron chi connectivity index (χ2n) is 29.9. The van der Waals surface area contributed by atoms with Gasteiger partial charge in [-0.05, 0) is 64.2 Å². The number of nitrogens with one attached hydrogen (secondary N) is 1. The predicted octanol–water partition coefficient (Wildman–Crippen LogP) is 23.6. The van der Waals surface area contributed by atoms with Crippen molar-refractivity contribution in [3.8, 4) is 0 Å². The minimum Gasteiger partial charge on any atom is -0.466 e. The summed E-state index contributed by atoms with van der Waals surface area (Å²) in [6, 6.07) is -0.805. The highest BCUT2D eigenvalue weighted by Crippen LogP contribution is 2.24. The summed E-state index contributed by atoms with van der Waals surface area (Å²) in [6.07, 6.45) is 89.1. The molecule has 0 spiro atoms. The fourth-order valence-corrected chi connectivity index (χ4v) is 13.8. The molecule has 0 saturated carbocycles. The van der Waals surface area contributed by atoms with Gasteiger partial charge in [0.15, 0.2) is 6.29 Å². The SMILES string of the molecule is CCCCC/C=C\C/C=C\CCCCCCCCCC(=O)OCCCCCCCCCCCCCCCCCCCCCCCCCCCCCCCCCCCCCCCCCC(=O)NC(COC1OC(CO)C(O)C(O)C1O)C(O)/C=C/CCCCCCCCCCCCC. The van der Waals surface area contributed by atoms with Crippen molar-refractivity contribution in [1.29, 1.82) is 0 Å². The van der Waals surface area contributed by atoms with Crippen LogP contribution in [0, 0.1) is 0 Å². The first-order valence-corrected chi connectivity index (χ1v) is 42.8. The molecule has 1 aliphatic rings. The first-order chi connectivity index (χ1) is 47.7. The standard InChI is InChI=1S/C86H163NO10/c1-3-5-7-9-11-13-15-17-18-42-46-50-54-58-62-66-70-74-82(91)95-75-71-67-63-59-55-51-47-44-41-39-37-35-33-31-29-27-25-23-21-19-20-22-24-26-28-30-32-34-36-38-40-43-45-49-53-57-61-65-69-73-81(90)87-78(77-96-86-85(94)84(93)83(92)80(76-88)97-86)79(89)72-68-64-60-56-52-48-16-14-12-10-8-6-4-2/h11,13,17-18,68,72,78-80,83-86,88-89,92-94H,3-10,12,14-16,19-67,69-71,73-77H2,1-2H3,(H,87,90)/b13-11-,18-17-,72-68+. The molecule has 11 nitrogen and oxygen atoms in total. The molecule has 1 amide bonds. The Morgan fingerprint density at radius 1 is 0.381 bits per heavy atom. The van der Waals surface area contributed by atoms with Gasteiger partial charge in [-0.3, -0.25) is 9.59 Å². The van der Waals surface area contributed by atoms with Crippen molar-refractivity contribution in [3.63, 3.8) is 0 Å². The van der Waals surface area contributed by atoms with Crippen LogP contribution in [0.1, 0.15) is 438 Å². The number of aliphatic hydroxyl groups is 5. The van der Waals surface area contributed by atoms with E-state index in [9.17, 15) is 35.1 Å². The van der Waals surface area contributed by atoms with Crippen molar-refractivity contribution in [2.45, 2.75) is 480 Å². The molecule has 0 aromatic carbocycles. The number of ether oxygens (including phenoxy) is 3. The molecule has 1 rings (SSSR count). The zero-order valence-corrected chi connectivity index (χ0v) is 64.1. The van der Waals surface area contributed by atoms with Crippen LogP contribution >= 0.6 is 0 Å². The number of allylic oxidation sites excluding steroid dienone is 5. The van der Waals surface area contributed by atoms with Crippen molar-refractivity contribution in [2.75, 3.05) is 19.8 Å². The fourth-order valence-electron chi connectivity index (χ4n) is 13.8. The number of unbranched alkanes of at least 4 members (excludes halogenated alkanes) is 59. The van der Waals surface area contributed by atoms with Crippen LogP contribution in [0.4, 0.5) is 0 Å². The second-order valence-corrected chi connectivity index (χ2v) is 29.9. The molecule has 0 aromatic rings. The molecule has 97 heavy (non-hydrogen) atoms. The second kappa shape index (κ2) is 75.1. The summed E-state index contributed by atoms with van der Waals surface area (Å²) < 4.78 is 16.8. The van der Waals surface area contributed by atoms with Gasteiger partial charge in [-0.1, -0.05) is 397 Å². The number of rotatable bonds is 77. The molecule has 0 aliphatic carbocycles. The Morgan fingerprint density at radius 3 is 1.06 bits per heavy atom. The van der Waals surface area contributed by atoms with Gasteiger partial charge in [0.25, 0.3) is 0 Å². The normalized spacial score (nSPS) is 17.4. The number of esters is 1. The van der Waals surface area contributed by atoms with Gasteiger partial charge in [0.1, 0.15) is 24.4 Å². The van der Waals surface area contributed by atoms with Crippen LogP contribution in [0.5, 0.6) is 0 Å². The van der Waals surface area contributed by atoms with Crippen LogP contribution in [-0.2, 0) is 23.8 Å². The Morgan fingerprint density at radius 2 is 0.691 bits per heavy atom. The first kappa shape index (κ1) is 92.9. The number of carbonyl (C=O) groups is 2. The highest BCUT2D eigenvalue weighted by Gasteiger charge is 2.44. The molecule has 7 unspecified atom stereocenters. The number of aliphatic hydroxyl groups excluding tert-OH is 5. The quantitative estimate of drug-likeness (QED) is 0.0195. The monoisotopic (exact) mass is 1370 g/mol. The van der Waals surface area contributed by atoms with Crippen molar-refractivity contribution in [2.24, 2.45) is 0 Å². The highest BCUT2D eigenvalue weighted by atomic mass is 16.7. The van der Waals surface area contributed by atoms with E-state index in [2.05, 4.69) is 43.5 Å². The van der Waals surface area contributed by atoms with Crippen LogP contribution < -0.4 is 5.32 Å². The van der Waals surface area contributed by atoms with E-state index in [1.54, 1.807) is 6.08 Å². The van der Waals surface area contributed by atoms with Crippen LogP contribution in [0.25, 0.3) is 0 Å². The molecule has 572 valence electrons. The Kier molecular flexibility index (Phi) is 71.9. The maximum absolute atomic E-state index is 13.1. The van der Waals surface area contributed by atoms with Crippen LogP contribution in [0.15, 0.2) is 36.5 Å². The summed E-state index contributed by atoms with van der Waals surface area (Å²) >= 11 is 0. The topological polar surface area (TPSA) is 175 Å². The molecule has 1 saturated heterocycles. The fraction of sp³-hybridized carbons (Fsp3) is 0.907. The van der Waals surface area contributed by atoms with Crippen molar-refractivity contribution < 1.29 is 49.3 Å². The summed E-state index contributed by atoms with van der Waals surface area (Å²) in [6.45, 7) is 4.38. The highest BCUT2D eigenvalue weighted by molar-refractivity contribution is 5.76. The average molecular weight is 1370 g/mol. The van der Waals surface area contributed by atoms with Gasteiger partial charge in [-0.15, -0.1) is 0 Å². The lowest BCUT2D eigenvalue weighted by Gasteiger charge is -2.40. The minimum absolute atomic E-state index is 0.0113. The largest absolute Gasteiger partial charge is 0.466 e. The summed E-state index contributed by atoms with van der Waals surface area (Å²) in [7, 11) is 0. The molecular formula is C86H163NO10. The summed E-state index contributed by atoms with van der Waals surface area (Å²) in [5.41, 5.74) is 0. The van der Waals surface area contributed by atoms with E-state index in [1.807, 2.05) is 6.08 Å². The maximum Gasteiger partial charge on any atom is 0.305 e. The van der Waals surface area contributed by atoms with E-state index in [0.29, 0.717) is 19.4 Å². The molecule has 1 heterocycles. The number of amides is 1. The van der Waals surface area contributed by atoms with Gasteiger partial charge in [-0.25, -0.2) is 0 Å². The lowest BCUT2D eigenvalue weighted by Crippen LogP contribution is -2.60. The van der Waals surface area contributed by atoms with E-state index in [1.165, 1.54) is 347 Å².